The molecule has 3 N–H and O–H groups in total. The molecule has 1 atom stereocenters. The fraction of sp³-hybridized carbons (Fsp3) is 0.154. The van der Waals surface area contributed by atoms with Crippen molar-refractivity contribution in [2.24, 2.45) is 0 Å². The summed E-state index contributed by atoms with van der Waals surface area (Å²) in [7, 11) is 0. The van der Waals surface area contributed by atoms with Gasteiger partial charge in [0.15, 0.2) is 0 Å². The Morgan fingerprint density at radius 1 is 1.03 bits per heavy atom. The molecule has 0 fully saturated rings. The number of ether oxygens (including phenoxy) is 1. The van der Waals surface area contributed by atoms with Crippen molar-refractivity contribution in [2.75, 3.05) is 10.6 Å². The number of rotatable bonds is 8. The number of carbonyl (C=O) groups excluding carboxylic acids is 1. The molecule has 1 amide bonds. The molecule has 0 bridgehead atoms. The van der Waals surface area contributed by atoms with Crippen LogP contribution in [-0.2, 0) is 0 Å². The number of hydrogen-bond donors (Lipinski definition) is 3. The van der Waals surface area contributed by atoms with Gasteiger partial charge < -0.3 is 20.5 Å². The van der Waals surface area contributed by atoms with Crippen molar-refractivity contribution in [2.45, 2.75) is 25.7 Å². The lowest BCUT2D eigenvalue weighted by Crippen LogP contribution is -2.17. The molecule has 0 spiro atoms. The van der Waals surface area contributed by atoms with Gasteiger partial charge in [-0.25, -0.2) is 14.8 Å². The van der Waals surface area contributed by atoms with E-state index in [9.17, 15) is 27.9 Å². The number of amides is 1. The van der Waals surface area contributed by atoms with Crippen LogP contribution >= 0.6 is 0 Å². The van der Waals surface area contributed by atoms with Gasteiger partial charge in [0, 0.05) is 16.6 Å². The van der Waals surface area contributed by atoms with Crippen LogP contribution in [0.1, 0.15) is 45.7 Å². The number of hydrogen-bond acceptors (Lipinski definition) is 6. The van der Waals surface area contributed by atoms with Crippen molar-refractivity contribution >= 4 is 34.3 Å². The third kappa shape index (κ3) is 6.13. The Morgan fingerprint density at radius 3 is 2.43 bits per heavy atom. The summed E-state index contributed by atoms with van der Waals surface area (Å²) in [5.41, 5.74) is 1.86. The third-order valence-corrected chi connectivity index (χ3v) is 5.51. The zero-order valence-corrected chi connectivity index (χ0v) is 19.4. The molecule has 4 aromatic rings. The second kappa shape index (κ2) is 10.5. The lowest BCUT2D eigenvalue weighted by molar-refractivity contribution is -0.274. The Labute approximate surface area is 209 Å². The SMILES string of the molecule is CCC(Nc1ncnc2c(C(=O)O)cccc12)c1cccc(NC(=O)c2ccc(OC(F)(F)F)cc2)c1. The Bertz CT molecular complexity index is 1440. The van der Waals surface area contributed by atoms with Gasteiger partial charge in [-0.05, 0) is 60.5 Å². The van der Waals surface area contributed by atoms with E-state index in [0.29, 0.717) is 28.8 Å². The van der Waals surface area contributed by atoms with Crippen LogP contribution < -0.4 is 15.4 Å². The number of carboxylic acid groups (broad SMARTS) is 1. The van der Waals surface area contributed by atoms with E-state index in [4.69, 9.17) is 0 Å². The minimum atomic E-state index is -4.81. The molecule has 0 saturated heterocycles. The number of para-hydroxylation sites is 1. The normalized spacial score (nSPS) is 12.1. The van der Waals surface area contributed by atoms with E-state index in [0.717, 1.165) is 17.7 Å². The maximum absolute atomic E-state index is 12.6. The van der Waals surface area contributed by atoms with E-state index in [-0.39, 0.29) is 17.2 Å². The van der Waals surface area contributed by atoms with Gasteiger partial charge in [0.1, 0.15) is 17.9 Å². The minimum absolute atomic E-state index is 0.0682. The zero-order chi connectivity index (χ0) is 26.6. The molecule has 0 aliphatic rings. The smallest absolute Gasteiger partial charge is 0.478 e. The van der Waals surface area contributed by atoms with Crippen LogP contribution in [0.2, 0.25) is 0 Å². The molecule has 0 aliphatic heterocycles. The number of benzene rings is 3. The molecule has 190 valence electrons. The number of nitrogens with zero attached hydrogens (tertiary/aromatic N) is 2. The van der Waals surface area contributed by atoms with Crippen molar-refractivity contribution < 1.29 is 32.6 Å². The van der Waals surface area contributed by atoms with Crippen LogP contribution in [0.5, 0.6) is 5.75 Å². The van der Waals surface area contributed by atoms with Crippen LogP contribution in [0.25, 0.3) is 10.9 Å². The molecule has 37 heavy (non-hydrogen) atoms. The lowest BCUT2D eigenvalue weighted by Gasteiger charge is -2.20. The molecule has 3 aromatic carbocycles. The van der Waals surface area contributed by atoms with E-state index in [1.165, 1.54) is 24.5 Å². The fourth-order valence-electron chi connectivity index (χ4n) is 3.81. The van der Waals surface area contributed by atoms with Gasteiger partial charge in [-0.15, -0.1) is 13.2 Å². The highest BCUT2D eigenvalue weighted by atomic mass is 19.4. The summed E-state index contributed by atoms with van der Waals surface area (Å²) < 4.78 is 40.9. The van der Waals surface area contributed by atoms with Gasteiger partial charge in [-0.2, -0.15) is 0 Å². The summed E-state index contributed by atoms with van der Waals surface area (Å²) in [6.07, 6.45) is -2.88. The standard InChI is InChI=1S/C26H21F3N4O4/c1-2-21(33-23-19-7-4-8-20(25(35)36)22(19)30-14-31-23)16-5-3-6-17(13-16)32-24(34)15-9-11-18(12-10-15)37-26(27,28)29/h3-14,21H,2H2,1H3,(H,32,34)(H,35,36)(H,30,31,33). The summed E-state index contributed by atoms with van der Waals surface area (Å²) in [6, 6.07) is 16.3. The molecule has 11 heteroatoms. The van der Waals surface area contributed by atoms with Gasteiger partial charge >= 0.3 is 12.3 Å². The second-order valence-electron chi connectivity index (χ2n) is 7.99. The van der Waals surface area contributed by atoms with Crippen LogP contribution in [0.15, 0.2) is 73.1 Å². The quantitative estimate of drug-likeness (QED) is 0.265. The fourth-order valence-corrected chi connectivity index (χ4v) is 3.81. The molecule has 1 aromatic heterocycles. The second-order valence-corrected chi connectivity index (χ2v) is 7.99. The van der Waals surface area contributed by atoms with Crippen LogP contribution in [-0.4, -0.2) is 33.3 Å². The topological polar surface area (TPSA) is 113 Å². The highest BCUT2D eigenvalue weighted by molar-refractivity contribution is 6.05. The number of halogens is 3. The molecule has 1 heterocycles. The number of carboxylic acids is 1. The van der Waals surface area contributed by atoms with Crippen LogP contribution in [0, 0.1) is 0 Å². The van der Waals surface area contributed by atoms with E-state index >= 15 is 0 Å². The van der Waals surface area contributed by atoms with E-state index < -0.39 is 24.0 Å². The van der Waals surface area contributed by atoms with E-state index in [2.05, 4.69) is 25.3 Å². The number of fused-ring (bicyclic) bond motifs is 1. The van der Waals surface area contributed by atoms with Gasteiger partial charge in [-0.1, -0.05) is 25.1 Å². The largest absolute Gasteiger partial charge is 0.573 e. The predicted molar refractivity (Wildman–Crippen MR) is 131 cm³/mol. The van der Waals surface area contributed by atoms with Crippen molar-refractivity contribution in [3.63, 3.8) is 0 Å². The van der Waals surface area contributed by atoms with Crippen molar-refractivity contribution in [3.8, 4) is 5.75 Å². The average molecular weight is 510 g/mol. The number of aromatic nitrogens is 2. The van der Waals surface area contributed by atoms with E-state index in [1.807, 2.05) is 13.0 Å². The summed E-state index contributed by atoms with van der Waals surface area (Å²) in [5.74, 6) is -1.54. The Kier molecular flexibility index (Phi) is 7.23. The maximum atomic E-state index is 12.6. The molecule has 8 nitrogen and oxygen atoms in total. The highest BCUT2D eigenvalue weighted by Crippen LogP contribution is 2.29. The summed E-state index contributed by atoms with van der Waals surface area (Å²) >= 11 is 0. The highest BCUT2D eigenvalue weighted by Gasteiger charge is 2.31. The van der Waals surface area contributed by atoms with Gasteiger partial charge in [0.2, 0.25) is 0 Å². The first-order valence-corrected chi connectivity index (χ1v) is 11.2. The number of anilines is 2. The number of nitrogens with one attached hydrogen (secondary N) is 2. The number of aromatic carboxylic acids is 1. The van der Waals surface area contributed by atoms with Crippen molar-refractivity contribution in [1.82, 2.24) is 9.97 Å². The molecule has 0 radical (unpaired) electrons. The molecular weight excluding hydrogens is 489 g/mol. The third-order valence-electron chi connectivity index (χ3n) is 5.51. The maximum Gasteiger partial charge on any atom is 0.573 e. The summed E-state index contributed by atoms with van der Waals surface area (Å²) in [4.78, 5) is 32.6. The monoisotopic (exact) mass is 510 g/mol. The minimum Gasteiger partial charge on any atom is -0.478 e. The summed E-state index contributed by atoms with van der Waals surface area (Å²) in [5, 5.41) is 16.1. The number of alkyl halides is 3. The molecular formula is C26H21F3N4O4. The van der Waals surface area contributed by atoms with E-state index in [1.54, 1.807) is 30.3 Å². The van der Waals surface area contributed by atoms with Crippen LogP contribution in [0.3, 0.4) is 0 Å². The zero-order valence-electron chi connectivity index (χ0n) is 19.4. The van der Waals surface area contributed by atoms with Gasteiger partial charge in [-0.3, -0.25) is 4.79 Å². The first-order chi connectivity index (χ1) is 17.6. The number of carbonyl (C=O) groups is 2. The first kappa shape index (κ1) is 25.4. The molecule has 0 saturated carbocycles. The van der Waals surface area contributed by atoms with Crippen molar-refractivity contribution in [1.29, 1.82) is 0 Å². The predicted octanol–water partition coefficient (Wildman–Crippen LogP) is 6.04. The Hall–Kier alpha value is -4.67. The summed E-state index contributed by atoms with van der Waals surface area (Å²) in [6.45, 7) is 1.96. The van der Waals surface area contributed by atoms with Crippen LogP contribution in [0.4, 0.5) is 24.7 Å². The Balaban J connectivity index is 1.52. The van der Waals surface area contributed by atoms with Gasteiger partial charge in [0.05, 0.1) is 17.1 Å². The lowest BCUT2D eigenvalue weighted by atomic mass is 10.0. The Morgan fingerprint density at radius 2 is 1.76 bits per heavy atom. The molecule has 4 rings (SSSR count). The van der Waals surface area contributed by atoms with Gasteiger partial charge in [0.25, 0.3) is 5.91 Å². The molecule has 1 unspecified atom stereocenters. The first-order valence-electron chi connectivity index (χ1n) is 11.2. The average Bonchev–Trinajstić information content (AvgIpc) is 2.86. The van der Waals surface area contributed by atoms with Crippen molar-refractivity contribution in [3.05, 3.63) is 89.7 Å². The molecule has 0 aliphatic carbocycles.